The van der Waals surface area contributed by atoms with Crippen molar-refractivity contribution in [3.63, 3.8) is 0 Å². The van der Waals surface area contributed by atoms with Gasteiger partial charge in [0.25, 0.3) is 0 Å². The normalized spacial score (nSPS) is 16.2. The lowest BCUT2D eigenvalue weighted by molar-refractivity contribution is -0.254. The molecule has 1 aliphatic carbocycles. The lowest BCUT2D eigenvalue weighted by atomic mass is 10.0. The average molecular weight is 344 g/mol. The number of carboxylic acids is 1. The van der Waals surface area contributed by atoms with E-state index in [0.29, 0.717) is 17.3 Å². The van der Waals surface area contributed by atoms with Gasteiger partial charge in [0.1, 0.15) is 0 Å². The van der Waals surface area contributed by atoms with Gasteiger partial charge in [-0.3, -0.25) is 0 Å². The van der Waals surface area contributed by atoms with Gasteiger partial charge in [0.15, 0.2) is 11.5 Å². The first kappa shape index (κ1) is 15.0. The second-order valence-electron chi connectivity index (χ2n) is 6.40. The Morgan fingerprint density at radius 1 is 1.08 bits per heavy atom. The number of benzene rings is 2. The highest BCUT2D eigenvalue weighted by Gasteiger charge is 2.24. The van der Waals surface area contributed by atoms with Crippen LogP contribution >= 0.6 is 0 Å². The second kappa shape index (κ2) is 5.59. The van der Waals surface area contributed by atoms with Crippen molar-refractivity contribution >= 4 is 28.5 Å². The fourth-order valence-corrected chi connectivity index (χ4v) is 3.72. The zero-order valence-corrected chi connectivity index (χ0v) is 13.8. The Morgan fingerprint density at radius 2 is 1.92 bits per heavy atom. The molecule has 26 heavy (non-hydrogen) atoms. The van der Waals surface area contributed by atoms with Gasteiger partial charge in [-0.1, -0.05) is 24.3 Å². The van der Waals surface area contributed by atoms with Crippen LogP contribution in [0, 0.1) is 0 Å². The summed E-state index contributed by atoms with van der Waals surface area (Å²) in [6.45, 7) is 0.237. The van der Waals surface area contributed by atoms with Crippen LogP contribution in [0.2, 0.25) is 0 Å². The van der Waals surface area contributed by atoms with E-state index in [1.165, 1.54) is 0 Å². The predicted octanol–water partition coefficient (Wildman–Crippen LogP) is 2.81. The lowest BCUT2D eigenvalue weighted by Crippen LogP contribution is -2.24. The second-order valence-corrected chi connectivity index (χ2v) is 6.40. The third kappa shape index (κ3) is 2.24. The Balaban J connectivity index is 1.67. The molecule has 1 aliphatic heterocycles. The fraction of sp³-hybridized carbons (Fsp3) is 0.143. The maximum atomic E-state index is 11.8. The van der Waals surface area contributed by atoms with E-state index in [-0.39, 0.29) is 12.4 Å². The highest BCUT2D eigenvalue weighted by Crippen LogP contribution is 2.39. The molecular weight excluding hydrogens is 330 g/mol. The number of hydrogen-bond acceptors (Lipinski definition) is 5. The highest BCUT2D eigenvalue weighted by molar-refractivity contribution is 6.05. The number of hydrogen-bond donors (Lipinski definition) is 0. The summed E-state index contributed by atoms with van der Waals surface area (Å²) >= 11 is 0. The molecule has 3 aromatic rings. The van der Waals surface area contributed by atoms with Gasteiger partial charge >= 0.3 is 0 Å². The van der Waals surface area contributed by atoms with Crippen molar-refractivity contribution in [2.45, 2.75) is 12.8 Å². The van der Waals surface area contributed by atoms with Gasteiger partial charge < -0.3 is 19.4 Å². The Morgan fingerprint density at radius 3 is 2.81 bits per heavy atom. The molecule has 0 radical (unpaired) electrons. The number of ether oxygens (including phenoxy) is 2. The highest BCUT2D eigenvalue weighted by atomic mass is 16.7. The van der Waals surface area contributed by atoms with Crippen LogP contribution in [0.5, 0.6) is 11.5 Å². The summed E-state index contributed by atoms with van der Waals surface area (Å²) in [6.07, 6.45) is 3.43. The maximum absolute atomic E-state index is 11.8. The molecular formula is C21H14NO4-. The number of carboxylic acid groups (broad SMARTS) is 1. The van der Waals surface area contributed by atoms with Gasteiger partial charge in [-0.2, -0.15) is 0 Å². The van der Waals surface area contributed by atoms with E-state index in [1.54, 1.807) is 6.07 Å². The monoisotopic (exact) mass is 344 g/mol. The summed E-state index contributed by atoms with van der Waals surface area (Å²) in [5.74, 6) is 0.311. The van der Waals surface area contributed by atoms with E-state index in [4.69, 9.17) is 14.5 Å². The van der Waals surface area contributed by atoms with Gasteiger partial charge in [0.2, 0.25) is 6.79 Å². The minimum atomic E-state index is -1.15. The van der Waals surface area contributed by atoms with E-state index in [1.807, 2.05) is 42.5 Å². The number of pyridine rings is 1. The largest absolute Gasteiger partial charge is 0.545 e. The van der Waals surface area contributed by atoms with E-state index < -0.39 is 5.97 Å². The summed E-state index contributed by atoms with van der Waals surface area (Å²) in [5.41, 5.74) is 4.44. The molecule has 0 N–H and O–H groups in total. The molecule has 0 saturated carbocycles. The van der Waals surface area contributed by atoms with Crippen LogP contribution in [0.3, 0.4) is 0 Å². The fourth-order valence-electron chi connectivity index (χ4n) is 3.72. The molecule has 0 fully saturated rings. The zero-order valence-electron chi connectivity index (χ0n) is 13.8. The van der Waals surface area contributed by atoms with Gasteiger partial charge in [-0.15, -0.1) is 0 Å². The summed E-state index contributed by atoms with van der Waals surface area (Å²) in [5, 5.41) is 12.4. The van der Waals surface area contributed by atoms with Gasteiger partial charge in [0.05, 0.1) is 17.2 Å². The number of allylic oxidation sites excluding steroid dienone is 1. The van der Waals surface area contributed by atoms with Crippen LogP contribution in [-0.2, 0) is 6.42 Å². The van der Waals surface area contributed by atoms with Crippen molar-refractivity contribution in [2.24, 2.45) is 0 Å². The van der Waals surface area contributed by atoms with Gasteiger partial charge in [0, 0.05) is 10.9 Å². The molecule has 0 spiro atoms. The molecule has 128 valence electrons. The summed E-state index contributed by atoms with van der Waals surface area (Å²) in [6, 6.07) is 13.1. The van der Waals surface area contributed by atoms with Crippen molar-refractivity contribution in [2.75, 3.05) is 6.79 Å². The third-order valence-electron chi connectivity index (χ3n) is 4.88. The van der Waals surface area contributed by atoms with Crippen molar-refractivity contribution in [1.82, 2.24) is 4.98 Å². The molecule has 2 aromatic carbocycles. The van der Waals surface area contributed by atoms with Crippen LogP contribution in [0.15, 0.2) is 42.5 Å². The van der Waals surface area contributed by atoms with E-state index in [9.17, 15) is 9.90 Å². The zero-order chi connectivity index (χ0) is 17.7. The Kier molecular flexibility index (Phi) is 3.22. The molecule has 0 unspecified atom stereocenters. The van der Waals surface area contributed by atoms with Crippen molar-refractivity contribution in [3.8, 4) is 11.5 Å². The standard InChI is InChI=1S/C21H15NO4/c23-21(24)19-14-3-1-2-4-16(14)22-20-13(6-7-15(19)20)9-12-5-8-17-18(10-12)26-11-25-17/h1-5,8-10H,6-7,11H2,(H,23,24)/p-1/b13-9+. The molecule has 1 aromatic heterocycles. The van der Waals surface area contributed by atoms with Crippen LogP contribution in [0.1, 0.15) is 33.6 Å². The van der Waals surface area contributed by atoms with Crippen molar-refractivity contribution < 1.29 is 19.4 Å². The molecule has 5 nitrogen and oxygen atoms in total. The average Bonchev–Trinajstić information content (AvgIpc) is 3.26. The number of nitrogens with zero attached hydrogens (tertiary/aromatic N) is 1. The molecule has 0 bridgehead atoms. The minimum absolute atomic E-state index is 0.237. The van der Waals surface area contributed by atoms with E-state index in [0.717, 1.165) is 40.3 Å². The molecule has 0 amide bonds. The summed E-state index contributed by atoms with van der Waals surface area (Å²) in [4.78, 5) is 16.5. The number of aromatic carboxylic acids is 1. The van der Waals surface area contributed by atoms with Crippen LogP contribution < -0.4 is 14.6 Å². The Hall–Kier alpha value is -3.34. The Labute approximate surface area is 149 Å². The third-order valence-corrected chi connectivity index (χ3v) is 4.88. The van der Waals surface area contributed by atoms with Crippen LogP contribution in [0.25, 0.3) is 22.6 Å². The quantitative estimate of drug-likeness (QED) is 0.715. The summed E-state index contributed by atoms with van der Waals surface area (Å²) in [7, 11) is 0. The maximum Gasteiger partial charge on any atom is 0.231 e. The lowest BCUT2D eigenvalue weighted by Gasteiger charge is -2.13. The molecule has 0 atom stereocenters. The minimum Gasteiger partial charge on any atom is -0.545 e. The van der Waals surface area contributed by atoms with Gasteiger partial charge in [-0.25, -0.2) is 4.98 Å². The van der Waals surface area contributed by atoms with Crippen LogP contribution in [0.4, 0.5) is 0 Å². The van der Waals surface area contributed by atoms with Crippen molar-refractivity contribution in [1.29, 1.82) is 0 Å². The number of fused-ring (bicyclic) bond motifs is 3. The first-order valence-electron chi connectivity index (χ1n) is 8.44. The number of para-hydroxylation sites is 1. The topological polar surface area (TPSA) is 71.5 Å². The smallest absolute Gasteiger partial charge is 0.231 e. The molecule has 5 rings (SSSR count). The van der Waals surface area contributed by atoms with Gasteiger partial charge in [-0.05, 0) is 53.8 Å². The number of carbonyl (C=O) groups is 1. The van der Waals surface area contributed by atoms with E-state index in [2.05, 4.69) is 0 Å². The van der Waals surface area contributed by atoms with Crippen molar-refractivity contribution in [3.05, 3.63) is 64.8 Å². The van der Waals surface area contributed by atoms with E-state index >= 15 is 0 Å². The number of aromatic nitrogens is 1. The number of carbonyl (C=O) groups excluding carboxylic acids is 1. The predicted molar refractivity (Wildman–Crippen MR) is 94.8 cm³/mol. The molecule has 2 aliphatic rings. The molecule has 5 heteroatoms. The number of rotatable bonds is 2. The first-order chi connectivity index (χ1) is 12.7. The SMILES string of the molecule is O=C([O-])c1c2c(nc3ccccc13)/C(=C/c1ccc3c(c1)OCO3)CC2. The van der Waals surface area contributed by atoms with Crippen LogP contribution in [-0.4, -0.2) is 17.7 Å². The Bertz CT molecular complexity index is 1100. The summed E-state index contributed by atoms with van der Waals surface area (Å²) < 4.78 is 10.8. The molecule has 2 heterocycles. The molecule has 0 saturated heterocycles. The first-order valence-corrected chi connectivity index (χ1v) is 8.44.